The van der Waals surface area contributed by atoms with E-state index in [1.807, 2.05) is 50.5 Å². The van der Waals surface area contributed by atoms with Gasteiger partial charge in [0, 0.05) is 45.9 Å². The first kappa shape index (κ1) is 16.3. The van der Waals surface area contributed by atoms with Crippen molar-refractivity contribution < 1.29 is 0 Å². The number of aryl methyl sites for hydroxylation is 3. The van der Waals surface area contributed by atoms with Gasteiger partial charge < -0.3 is 10.3 Å². The molecule has 0 aliphatic rings. The predicted molar refractivity (Wildman–Crippen MR) is 104 cm³/mol. The Morgan fingerprint density at radius 1 is 0.923 bits per heavy atom. The second-order valence-electron chi connectivity index (χ2n) is 6.54. The Balaban J connectivity index is 1.87. The van der Waals surface area contributed by atoms with Gasteiger partial charge in [-0.2, -0.15) is 0 Å². The molecular formula is C21H21N5. The quantitative estimate of drug-likeness (QED) is 0.573. The van der Waals surface area contributed by atoms with E-state index in [1.165, 1.54) is 10.9 Å². The molecule has 0 bridgehead atoms. The summed E-state index contributed by atoms with van der Waals surface area (Å²) < 4.78 is 0. The summed E-state index contributed by atoms with van der Waals surface area (Å²) in [6.45, 7) is 6.07. The average molecular weight is 343 g/mol. The standard InChI is InChI=1S/C21H21N5/c1-13-12-14(2)24-21(23-13)26-20(16-8-10-22-11-9-16)19-15(3)25-18-7-5-4-6-17(18)19/h4-12,20,25H,1-3H3,(H,23,24,26). The van der Waals surface area contributed by atoms with Crippen LogP contribution in [0.4, 0.5) is 5.95 Å². The molecule has 1 unspecified atom stereocenters. The summed E-state index contributed by atoms with van der Waals surface area (Å²) in [7, 11) is 0. The number of para-hydroxylation sites is 1. The van der Waals surface area contributed by atoms with Crippen LogP contribution in [0.1, 0.15) is 34.3 Å². The maximum Gasteiger partial charge on any atom is 0.223 e. The smallest absolute Gasteiger partial charge is 0.223 e. The fraction of sp³-hybridized carbons (Fsp3) is 0.190. The van der Waals surface area contributed by atoms with Crippen LogP contribution in [-0.2, 0) is 0 Å². The highest BCUT2D eigenvalue weighted by Crippen LogP contribution is 2.33. The normalized spacial score (nSPS) is 12.3. The molecule has 26 heavy (non-hydrogen) atoms. The minimum atomic E-state index is -0.0738. The molecule has 4 aromatic rings. The van der Waals surface area contributed by atoms with E-state index in [1.54, 1.807) is 0 Å². The van der Waals surface area contributed by atoms with Crippen LogP contribution in [-0.4, -0.2) is 19.9 Å². The van der Waals surface area contributed by atoms with Crippen molar-refractivity contribution in [1.82, 2.24) is 19.9 Å². The first-order valence-electron chi connectivity index (χ1n) is 8.68. The molecule has 0 fully saturated rings. The zero-order chi connectivity index (χ0) is 18.1. The molecule has 3 heterocycles. The highest BCUT2D eigenvalue weighted by atomic mass is 15.1. The number of fused-ring (bicyclic) bond motifs is 1. The van der Waals surface area contributed by atoms with Crippen molar-refractivity contribution in [2.45, 2.75) is 26.8 Å². The lowest BCUT2D eigenvalue weighted by Gasteiger charge is -2.20. The minimum Gasteiger partial charge on any atom is -0.358 e. The topological polar surface area (TPSA) is 66.5 Å². The van der Waals surface area contributed by atoms with Gasteiger partial charge in [0.2, 0.25) is 5.95 Å². The Hall–Kier alpha value is -3.21. The molecule has 0 saturated carbocycles. The SMILES string of the molecule is Cc1cc(C)nc(NC(c2ccncc2)c2c(C)[nH]c3ccccc23)n1. The van der Waals surface area contributed by atoms with Crippen molar-refractivity contribution in [1.29, 1.82) is 0 Å². The van der Waals surface area contributed by atoms with Crippen LogP contribution >= 0.6 is 0 Å². The highest BCUT2D eigenvalue weighted by molar-refractivity contribution is 5.86. The maximum absolute atomic E-state index is 4.57. The fourth-order valence-corrected chi connectivity index (χ4v) is 3.47. The van der Waals surface area contributed by atoms with Crippen LogP contribution < -0.4 is 5.32 Å². The molecule has 3 aromatic heterocycles. The fourth-order valence-electron chi connectivity index (χ4n) is 3.47. The molecule has 4 rings (SSSR count). The van der Waals surface area contributed by atoms with E-state index < -0.39 is 0 Å². The monoisotopic (exact) mass is 343 g/mol. The zero-order valence-electron chi connectivity index (χ0n) is 15.1. The molecule has 5 nitrogen and oxygen atoms in total. The van der Waals surface area contributed by atoms with Crippen LogP contribution in [0.15, 0.2) is 54.9 Å². The highest BCUT2D eigenvalue weighted by Gasteiger charge is 2.21. The molecule has 0 aliphatic carbocycles. The van der Waals surface area contributed by atoms with E-state index in [0.29, 0.717) is 5.95 Å². The summed E-state index contributed by atoms with van der Waals surface area (Å²) in [5.74, 6) is 0.633. The van der Waals surface area contributed by atoms with Crippen molar-refractivity contribution in [3.63, 3.8) is 0 Å². The second-order valence-corrected chi connectivity index (χ2v) is 6.54. The summed E-state index contributed by atoms with van der Waals surface area (Å²) in [5.41, 5.74) is 6.48. The molecular weight excluding hydrogens is 322 g/mol. The molecule has 0 aliphatic heterocycles. The third-order valence-corrected chi connectivity index (χ3v) is 4.53. The number of hydrogen-bond donors (Lipinski definition) is 2. The van der Waals surface area contributed by atoms with Crippen LogP contribution in [0.25, 0.3) is 10.9 Å². The van der Waals surface area contributed by atoms with Gasteiger partial charge in [0.25, 0.3) is 0 Å². The van der Waals surface area contributed by atoms with E-state index >= 15 is 0 Å². The Labute approximate surface area is 152 Å². The van der Waals surface area contributed by atoms with Gasteiger partial charge in [0.15, 0.2) is 0 Å². The van der Waals surface area contributed by atoms with Crippen molar-refractivity contribution in [2.75, 3.05) is 5.32 Å². The molecule has 1 atom stereocenters. The molecule has 130 valence electrons. The Kier molecular flexibility index (Phi) is 4.13. The van der Waals surface area contributed by atoms with Crippen molar-refractivity contribution >= 4 is 16.9 Å². The molecule has 0 radical (unpaired) electrons. The number of pyridine rings is 1. The van der Waals surface area contributed by atoms with Crippen LogP contribution in [0.2, 0.25) is 0 Å². The number of nitrogens with zero attached hydrogens (tertiary/aromatic N) is 3. The molecule has 1 aromatic carbocycles. The minimum absolute atomic E-state index is 0.0738. The summed E-state index contributed by atoms with van der Waals surface area (Å²) in [6, 6.07) is 14.3. The van der Waals surface area contributed by atoms with Gasteiger partial charge >= 0.3 is 0 Å². The third-order valence-electron chi connectivity index (χ3n) is 4.53. The van der Waals surface area contributed by atoms with Gasteiger partial charge in [0.1, 0.15) is 0 Å². The summed E-state index contributed by atoms with van der Waals surface area (Å²) in [6.07, 6.45) is 3.63. The van der Waals surface area contributed by atoms with Crippen LogP contribution in [0, 0.1) is 20.8 Å². The van der Waals surface area contributed by atoms with Crippen LogP contribution in [0.3, 0.4) is 0 Å². The molecule has 0 amide bonds. The summed E-state index contributed by atoms with van der Waals surface area (Å²) in [5, 5.41) is 4.74. The average Bonchev–Trinajstić information content (AvgIpc) is 2.95. The number of hydrogen-bond acceptors (Lipinski definition) is 4. The lowest BCUT2D eigenvalue weighted by Crippen LogP contribution is -2.16. The number of benzene rings is 1. The predicted octanol–water partition coefficient (Wildman–Crippen LogP) is 4.48. The second kappa shape index (κ2) is 6.59. The van der Waals surface area contributed by atoms with Crippen molar-refractivity contribution in [2.24, 2.45) is 0 Å². The number of aromatic nitrogens is 4. The summed E-state index contributed by atoms with van der Waals surface area (Å²) >= 11 is 0. The Bertz CT molecular complexity index is 1030. The van der Waals surface area contributed by atoms with Gasteiger partial charge in [-0.1, -0.05) is 18.2 Å². The molecule has 0 spiro atoms. The van der Waals surface area contributed by atoms with Crippen molar-refractivity contribution in [3.8, 4) is 0 Å². The zero-order valence-corrected chi connectivity index (χ0v) is 15.1. The van der Waals surface area contributed by atoms with Gasteiger partial charge in [-0.25, -0.2) is 9.97 Å². The maximum atomic E-state index is 4.57. The number of rotatable bonds is 4. The molecule has 5 heteroatoms. The largest absolute Gasteiger partial charge is 0.358 e. The lowest BCUT2D eigenvalue weighted by atomic mass is 9.97. The van der Waals surface area contributed by atoms with E-state index in [-0.39, 0.29) is 6.04 Å². The lowest BCUT2D eigenvalue weighted by molar-refractivity contribution is 0.890. The summed E-state index contributed by atoms with van der Waals surface area (Å²) in [4.78, 5) is 16.8. The van der Waals surface area contributed by atoms with Crippen LogP contribution in [0.5, 0.6) is 0 Å². The van der Waals surface area contributed by atoms with E-state index in [2.05, 4.69) is 50.4 Å². The number of nitrogens with one attached hydrogen (secondary N) is 2. The van der Waals surface area contributed by atoms with Gasteiger partial charge in [0.05, 0.1) is 6.04 Å². The first-order chi connectivity index (χ1) is 12.6. The van der Waals surface area contributed by atoms with Crippen molar-refractivity contribution in [3.05, 3.63) is 83.1 Å². The van der Waals surface area contributed by atoms with Gasteiger partial charge in [-0.15, -0.1) is 0 Å². The van der Waals surface area contributed by atoms with E-state index in [0.717, 1.165) is 28.2 Å². The van der Waals surface area contributed by atoms with E-state index in [4.69, 9.17) is 0 Å². The van der Waals surface area contributed by atoms with E-state index in [9.17, 15) is 0 Å². The number of H-pyrrole nitrogens is 1. The van der Waals surface area contributed by atoms with Gasteiger partial charge in [-0.05, 0) is 50.6 Å². The Morgan fingerprint density at radius 2 is 1.62 bits per heavy atom. The molecule has 0 saturated heterocycles. The molecule has 2 N–H and O–H groups in total. The number of anilines is 1. The number of aromatic amines is 1. The Morgan fingerprint density at radius 3 is 2.35 bits per heavy atom. The third kappa shape index (κ3) is 3.04. The first-order valence-corrected chi connectivity index (χ1v) is 8.68. The van der Waals surface area contributed by atoms with Gasteiger partial charge in [-0.3, -0.25) is 4.98 Å².